The predicted octanol–water partition coefficient (Wildman–Crippen LogP) is 4.92. The van der Waals surface area contributed by atoms with Crippen LogP contribution in [0.1, 0.15) is 32.7 Å². The van der Waals surface area contributed by atoms with E-state index in [9.17, 15) is 9.90 Å². The van der Waals surface area contributed by atoms with Crippen LogP contribution in [0.4, 0.5) is 11.4 Å². The van der Waals surface area contributed by atoms with Crippen molar-refractivity contribution in [1.29, 1.82) is 0 Å². The van der Waals surface area contributed by atoms with E-state index in [2.05, 4.69) is 16.7 Å². The summed E-state index contributed by atoms with van der Waals surface area (Å²) in [4.78, 5) is 17.5. The van der Waals surface area contributed by atoms with Gasteiger partial charge in [0.1, 0.15) is 0 Å². The molecule has 3 N–H and O–H groups in total. The number of hydrogen-bond donors (Lipinski definition) is 3. The number of aliphatic hydroxyl groups is 1. The van der Waals surface area contributed by atoms with Gasteiger partial charge in [0.05, 0.1) is 17.7 Å². The maximum atomic E-state index is 12.8. The summed E-state index contributed by atoms with van der Waals surface area (Å²) in [6.45, 7) is 1.92. The second kappa shape index (κ2) is 8.98. The summed E-state index contributed by atoms with van der Waals surface area (Å²) < 4.78 is 0. The minimum Gasteiger partial charge on any atom is -0.392 e. The van der Waals surface area contributed by atoms with E-state index in [0.717, 1.165) is 44.7 Å². The Balaban J connectivity index is 1.61. The van der Waals surface area contributed by atoms with Gasteiger partial charge in [0.2, 0.25) is 0 Å². The molecule has 4 aromatic rings. The zero-order valence-corrected chi connectivity index (χ0v) is 17.6. The van der Waals surface area contributed by atoms with Crippen LogP contribution >= 0.6 is 0 Å². The molecule has 1 aromatic heterocycles. The lowest BCUT2D eigenvalue weighted by Gasteiger charge is -2.12. The van der Waals surface area contributed by atoms with E-state index in [1.165, 1.54) is 0 Å². The number of nitrogens with one attached hydrogen (secondary N) is 2. The molecule has 1 amide bonds. The number of benzene rings is 3. The van der Waals surface area contributed by atoms with E-state index < -0.39 is 0 Å². The van der Waals surface area contributed by atoms with Gasteiger partial charge in [-0.1, -0.05) is 42.5 Å². The molecule has 4 rings (SSSR count). The first-order valence-electron chi connectivity index (χ1n) is 10.2. The number of nitrogens with zero attached hydrogens (tertiary/aromatic N) is 1. The van der Waals surface area contributed by atoms with Crippen LogP contribution in [0.3, 0.4) is 0 Å². The van der Waals surface area contributed by atoms with Crippen molar-refractivity contribution in [2.75, 3.05) is 17.7 Å². The predicted molar refractivity (Wildman–Crippen MR) is 126 cm³/mol. The molecule has 0 fully saturated rings. The molecule has 0 aliphatic rings. The summed E-state index contributed by atoms with van der Waals surface area (Å²) in [5.74, 6) is -0.155. The summed E-state index contributed by atoms with van der Waals surface area (Å²) >= 11 is 0. The van der Waals surface area contributed by atoms with Crippen LogP contribution in [0.2, 0.25) is 0 Å². The van der Waals surface area contributed by atoms with Crippen molar-refractivity contribution in [2.45, 2.75) is 20.0 Å². The monoisotopic (exact) mass is 411 g/mol. The molecule has 0 unspecified atom stereocenters. The van der Waals surface area contributed by atoms with Crippen molar-refractivity contribution in [3.8, 4) is 0 Å². The number of anilines is 2. The number of carbonyl (C=O) groups is 1. The summed E-state index contributed by atoms with van der Waals surface area (Å²) in [6.07, 6.45) is 0.676. The SMILES string of the molecule is CNc1ccccc1C(=O)Nc1cccc(Cc2cccc3c(CO)cc(C)nc23)c1. The quantitative estimate of drug-likeness (QED) is 0.421. The van der Waals surface area contributed by atoms with Crippen molar-refractivity contribution >= 4 is 28.2 Å². The molecule has 0 atom stereocenters. The van der Waals surface area contributed by atoms with Crippen molar-refractivity contribution in [1.82, 2.24) is 4.98 Å². The van der Waals surface area contributed by atoms with Gasteiger partial charge in [-0.25, -0.2) is 0 Å². The van der Waals surface area contributed by atoms with E-state index in [1.54, 1.807) is 13.1 Å². The van der Waals surface area contributed by atoms with Gasteiger partial charge < -0.3 is 15.7 Å². The third-order valence-electron chi connectivity index (χ3n) is 5.33. The smallest absolute Gasteiger partial charge is 0.257 e. The largest absolute Gasteiger partial charge is 0.392 e. The number of fused-ring (bicyclic) bond motifs is 1. The number of pyridine rings is 1. The van der Waals surface area contributed by atoms with Crippen molar-refractivity contribution in [3.05, 3.63) is 101 Å². The minimum atomic E-state index is -0.155. The van der Waals surface area contributed by atoms with Crippen LogP contribution in [0.25, 0.3) is 10.9 Å². The Bertz CT molecular complexity index is 1250. The Morgan fingerprint density at radius 2 is 1.77 bits per heavy atom. The second-order valence-corrected chi connectivity index (χ2v) is 7.52. The number of hydrogen-bond acceptors (Lipinski definition) is 4. The van der Waals surface area contributed by atoms with Crippen LogP contribution in [0.5, 0.6) is 0 Å². The lowest BCUT2D eigenvalue weighted by Crippen LogP contribution is -2.14. The van der Waals surface area contributed by atoms with Gasteiger partial charge in [0.15, 0.2) is 0 Å². The van der Waals surface area contributed by atoms with Crippen LogP contribution in [0.15, 0.2) is 72.8 Å². The van der Waals surface area contributed by atoms with Gasteiger partial charge in [-0.3, -0.25) is 9.78 Å². The first-order chi connectivity index (χ1) is 15.1. The minimum absolute atomic E-state index is 0.0150. The Morgan fingerprint density at radius 3 is 2.58 bits per heavy atom. The fraction of sp³-hybridized carbons (Fsp3) is 0.154. The standard InChI is InChI=1S/C26H25N3O2/c1-17-13-20(16-30)22-11-6-8-19(25(22)28-17)14-18-7-5-9-21(15-18)29-26(31)23-10-3-4-12-24(23)27-2/h3-13,15,27,30H,14,16H2,1-2H3,(H,29,31). The van der Waals surface area contributed by atoms with Crippen molar-refractivity contribution in [3.63, 3.8) is 0 Å². The molecule has 0 bridgehead atoms. The van der Waals surface area contributed by atoms with E-state index >= 15 is 0 Å². The van der Waals surface area contributed by atoms with E-state index in [4.69, 9.17) is 4.98 Å². The summed E-state index contributed by atoms with van der Waals surface area (Å²) in [5.41, 5.74) is 6.95. The molecule has 5 nitrogen and oxygen atoms in total. The summed E-state index contributed by atoms with van der Waals surface area (Å²) in [7, 11) is 1.80. The number of aryl methyl sites for hydroxylation is 1. The van der Waals surface area contributed by atoms with Crippen LogP contribution in [-0.2, 0) is 13.0 Å². The topological polar surface area (TPSA) is 74.2 Å². The van der Waals surface area contributed by atoms with Crippen LogP contribution in [0, 0.1) is 6.92 Å². The van der Waals surface area contributed by atoms with Gasteiger partial charge >= 0.3 is 0 Å². The van der Waals surface area contributed by atoms with E-state index in [1.807, 2.05) is 67.6 Å². The number of carbonyl (C=O) groups excluding carboxylic acids is 1. The number of amides is 1. The average Bonchev–Trinajstić information content (AvgIpc) is 2.79. The third kappa shape index (κ3) is 4.42. The number of para-hydroxylation sites is 2. The number of aliphatic hydroxyl groups excluding tert-OH is 1. The summed E-state index contributed by atoms with van der Waals surface area (Å²) in [6, 6.07) is 23.2. The highest BCUT2D eigenvalue weighted by molar-refractivity contribution is 6.08. The number of rotatable bonds is 6. The molecule has 3 aromatic carbocycles. The maximum absolute atomic E-state index is 12.8. The van der Waals surface area contributed by atoms with Gasteiger partial charge in [0.25, 0.3) is 5.91 Å². The molecule has 0 saturated heterocycles. The van der Waals surface area contributed by atoms with E-state index in [-0.39, 0.29) is 12.5 Å². The highest BCUT2D eigenvalue weighted by atomic mass is 16.3. The Hall–Kier alpha value is -3.70. The molecule has 0 aliphatic carbocycles. The Kier molecular flexibility index (Phi) is 5.96. The van der Waals surface area contributed by atoms with Crippen molar-refractivity contribution < 1.29 is 9.90 Å². The maximum Gasteiger partial charge on any atom is 0.257 e. The normalized spacial score (nSPS) is 10.8. The fourth-order valence-corrected chi connectivity index (χ4v) is 3.87. The molecule has 5 heteroatoms. The summed E-state index contributed by atoms with van der Waals surface area (Å²) in [5, 5.41) is 16.7. The van der Waals surface area contributed by atoms with Crippen LogP contribution in [-0.4, -0.2) is 23.0 Å². The van der Waals surface area contributed by atoms with Gasteiger partial charge in [0, 0.05) is 29.5 Å². The van der Waals surface area contributed by atoms with Gasteiger partial charge in [-0.2, -0.15) is 0 Å². The molecular weight excluding hydrogens is 386 g/mol. The van der Waals surface area contributed by atoms with Gasteiger partial charge in [-0.05, 0) is 60.4 Å². The Labute approximate surface area is 181 Å². The van der Waals surface area contributed by atoms with Gasteiger partial charge in [-0.15, -0.1) is 0 Å². The molecule has 31 heavy (non-hydrogen) atoms. The fourth-order valence-electron chi connectivity index (χ4n) is 3.87. The third-order valence-corrected chi connectivity index (χ3v) is 5.33. The average molecular weight is 412 g/mol. The number of aromatic nitrogens is 1. The lowest BCUT2D eigenvalue weighted by atomic mass is 9.99. The molecule has 156 valence electrons. The first kappa shape index (κ1) is 20.6. The lowest BCUT2D eigenvalue weighted by molar-refractivity contribution is 0.102. The van der Waals surface area contributed by atoms with Crippen LogP contribution < -0.4 is 10.6 Å². The molecule has 1 heterocycles. The zero-order valence-electron chi connectivity index (χ0n) is 17.6. The first-order valence-corrected chi connectivity index (χ1v) is 10.2. The molecule has 0 aliphatic heterocycles. The Morgan fingerprint density at radius 1 is 0.968 bits per heavy atom. The second-order valence-electron chi connectivity index (χ2n) is 7.52. The zero-order chi connectivity index (χ0) is 21.8. The molecule has 0 spiro atoms. The highest BCUT2D eigenvalue weighted by Gasteiger charge is 2.12. The molecule has 0 radical (unpaired) electrons. The highest BCUT2D eigenvalue weighted by Crippen LogP contribution is 2.25. The van der Waals surface area contributed by atoms with E-state index in [0.29, 0.717) is 12.0 Å². The molecule has 0 saturated carbocycles. The van der Waals surface area contributed by atoms with Crippen molar-refractivity contribution in [2.24, 2.45) is 0 Å². The molecular formula is C26H25N3O2.